The van der Waals surface area contributed by atoms with E-state index in [0.717, 1.165) is 11.8 Å². The van der Waals surface area contributed by atoms with Crippen LogP contribution < -0.4 is 5.32 Å². The molecule has 0 radical (unpaired) electrons. The lowest BCUT2D eigenvalue weighted by atomic mass is 9.79. The van der Waals surface area contributed by atoms with Gasteiger partial charge in [0.15, 0.2) is 0 Å². The van der Waals surface area contributed by atoms with E-state index in [1.54, 1.807) is 5.56 Å². The fourth-order valence-electron chi connectivity index (χ4n) is 3.36. The molecule has 0 aromatic heterocycles. The Morgan fingerprint density at radius 1 is 1.06 bits per heavy atom. The molecule has 18 heavy (non-hydrogen) atoms. The molecule has 1 aliphatic heterocycles. The van der Waals surface area contributed by atoms with Crippen molar-refractivity contribution >= 4 is 0 Å². The van der Waals surface area contributed by atoms with E-state index in [0.29, 0.717) is 6.04 Å². The second-order valence-corrected chi connectivity index (χ2v) is 6.10. The number of nitrogens with one attached hydrogen (secondary N) is 1. The molecule has 3 rings (SSSR count). The summed E-state index contributed by atoms with van der Waals surface area (Å²) < 4.78 is 0. The zero-order valence-corrected chi connectivity index (χ0v) is 11.5. The highest BCUT2D eigenvalue weighted by molar-refractivity contribution is 5.28. The normalized spacial score (nSPS) is 28.9. The summed E-state index contributed by atoms with van der Waals surface area (Å²) in [5.74, 6) is 1.78. The minimum absolute atomic E-state index is 0.596. The van der Waals surface area contributed by atoms with Gasteiger partial charge >= 0.3 is 0 Å². The molecular weight excluding hydrogens is 218 g/mol. The monoisotopic (exact) mass is 243 g/mol. The molecule has 1 aliphatic carbocycles. The Morgan fingerprint density at radius 3 is 2.39 bits per heavy atom. The number of rotatable bonds is 3. The minimum Gasteiger partial charge on any atom is -0.310 e. The van der Waals surface area contributed by atoms with E-state index in [2.05, 4.69) is 36.5 Å². The van der Waals surface area contributed by atoms with Gasteiger partial charge < -0.3 is 5.32 Å². The van der Waals surface area contributed by atoms with E-state index in [4.69, 9.17) is 0 Å². The topological polar surface area (TPSA) is 12.0 Å². The van der Waals surface area contributed by atoms with E-state index in [1.807, 2.05) is 0 Å². The molecule has 1 N–H and O–H groups in total. The largest absolute Gasteiger partial charge is 0.310 e. The van der Waals surface area contributed by atoms with Crippen molar-refractivity contribution in [2.24, 2.45) is 5.92 Å². The van der Waals surface area contributed by atoms with Crippen LogP contribution in [0.1, 0.15) is 68.5 Å². The molecule has 2 aliphatic rings. The fraction of sp³-hybridized carbons (Fsp3) is 0.647. The molecule has 2 unspecified atom stereocenters. The molecule has 1 nitrogen and oxygen atoms in total. The van der Waals surface area contributed by atoms with Crippen molar-refractivity contribution < 1.29 is 0 Å². The summed E-state index contributed by atoms with van der Waals surface area (Å²) in [6, 6.07) is 10.1. The predicted octanol–water partition coefficient (Wildman–Crippen LogP) is 4.40. The third-order valence-electron chi connectivity index (χ3n) is 5.01. The molecule has 0 amide bonds. The van der Waals surface area contributed by atoms with E-state index < -0.39 is 0 Å². The summed E-state index contributed by atoms with van der Waals surface area (Å²) in [5.41, 5.74) is 3.06. The van der Waals surface area contributed by atoms with Crippen LogP contribution in [0.3, 0.4) is 0 Å². The summed E-state index contributed by atoms with van der Waals surface area (Å²) in [5, 5.41) is 3.68. The minimum atomic E-state index is 0.596. The molecule has 0 spiro atoms. The molecule has 1 aromatic carbocycles. The predicted molar refractivity (Wildman–Crippen MR) is 76.8 cm³/mol. The average Bonchev–Trinajstić information content (AvgIpc) is 2.38. The van der Waals surface area contributed by atoms with Gasteiger partial charge in [-0.1, -0.05) is 44.0 Å². The Morgan fingerprint density at radius 2 is 1.78 bits per heavy atom. The van der Waals surface area contributed by atoms with Crippen LogP contribution in [0, 0.1) is 5.92 Å². The van der Waals surface area contributed by atoms with Crippen LogP contribution in [0.5, 0.6) is 0 Å². The highest BCUT2D eigenvalue weighted by atomic mass is 14.9. The van der Waals surface area contributed by atoms with Gasteiger partial charge in [-0.05, 0) is 55.2 Å². The van der Waals surface area contributed by atoms with Crippen molar-refractivity contribution in [3.8, 4) is 0 Å². The standard InChI is InChI=1S/C17H25N/c1-2-13-10-11-18-17(12-13)16-8-6-15(7-9-16)14-4-3-5-14/h6-9,13-14,17-18H,2-5,10-12H2,1H3. The van der Waals surface area contributed by atoms with Gasteiger partial charge in [-0.2, -0.15) is 0 Å². The van der Waals surface area contributed by atoms with Crippen LogP contribution in [0.2, 0.25) is 0 Å². The third-order valence-corrected chi connectivity index (χ3v) is 5.01. The Hall–Kier alpha value is -0.820. The number of hydrogen-bond acceptors (Lipinski definition) is 1. The highest BCUT2D eigenvalue weighted by Gasteiger charge is 2.23. The van der Waals surface area contributed by atoms with E-state index in [1.165, 1.54) is 50.6 Å². The molecule has 2 fully saturated rings. The zero-order valence-electron chi connectivity index (χ0n) is 11.5. The van der Waals surface area contributed by atoms with Crippen LogP contribution in [0.15, 0.2) is 24.3 Å². The van der Waals surface area contributed by atoms with Crippen molar-refractivity contribution in [2.75, 3.05) is 6.54 Å². The van der Waals surface area contributed by atoms with Gasteiger partial charge in [0.25, 0.3) is 0 Å². The van der Waals surface area contributed by atoms with Crippen LogP contribution in [-0.4, -0.2) is 6.54 Å². The molecule has 1 aromatic rings. The lowest BCUT2D eigenvalue weighted by molar-refractivity contribution is 0.299. The number of benzene rings is 1. The van der Waals surface area contributed by atoms with Crippen molar-refractivity contribution in [3.05, 3.63) is 35.4 Å². The average molecular weight is 243 g/mol. The lowest BCUT2D eigenvalue weighted by Crippen LogP contribution is -2.31. The zero-order chi connectivity index (χ0) is 12.4. The maximum Gasteiger partial charge on any atom is 0.0322 e. The highest BCUT2D eigenvalue weighted by Crippen LogP contribution is 2.37. The van der Waals surface area contributed by atoms with Crippen molar-refractivity contribution in [2.45, 2.75) is 57.4 Å². The van der Waals surface area contributed by atoms with E-state index in [-0.39, 0.29) is 0 Å². The van der Waals surface area contributed by atoms with Gasteiger partial charge in [-0.3, -0.25) is 0 Å². The van der Waals surface area contributed by atoms with Crippen LogP contribution >= 0.6 is 0 Å². The van der Waals surface area contributed by atoms with E-state index in [9.17, 15) is 0 Å². The second kappa shape index (κ2) is 5.44. The molecule has 98 valence electrons. The number of hydrogen-bond donors (Lipinski definition) is 1. The Bertz CT molecular complexity index is 377. The first-order chi connectivity index (χ1) is 8.86. The SMILES string of the molecule is CCC1CCNC(c2ccc(C3CCC3)cc2)C1. The van der Waals surface area contributed by atoms with Crippen LogP contribution in [0.4, 0.5) is 0 Å². The summed E-state index contributed by atoms with van der Waals surface area (Å²) in [4.78, 5) is 0. The molecular formula is C17H25N. The fourth-order valence-corrected chi connectivity index (χ4v) is 3.36. The molecule has 2 atom stereocenters. The first kappa shape index (κ1) is 12.2. The van der Waals surface area contributed by atoms with Gasteiger partial charge in [-0.25, -0.2) is 0 Å². The first-order valence-corrected chi connectivity index (χ1v) is 7.70. The van der Waals surface area contributed by atoms with Gasteiger partial charge in [0.2, 0.25) is 0 Å². The van der Waals surface area contributed by atoms with Crippen molar-refractivity contribution in [3.63, 3.8) is 0 Å². The third kappa shape index (κ3) is 2.47. The maximum absolute atomic E-state index is 3.68. The quantitative estimate of drug-likeness (QED) is 0.829. The second-order valence-electron chi connectivity index (χ2n) is 6.10. The summed E-state index contributed by atoms with van der Waals surface area (Å²) in [7, 11) is 0. The van der Waals surface area contributed by atoms with Gasteiger partial charge in [0.05, 0.1) is 0 Å². The summed E-state index contributed by atoms with van der Waals surface area (Å²) in [6.45, 7) is 3.51. The van der Waals surface area contributed by atoms with Gasteiger partial charge in [0, 0.05) is 6.04 Å². The van der Waals surface area contributed by atoms with Crippen LogP contribution in [-0.2, 0) is 0 Å². The summed E-state index contributed by atoms with van der Waals surface area (Å²) in [6.07, 6.45) is 8.23. The van der Waals surface area contributed by atoms with Gasteiger partial charge in [-0.15, -0.1) is 0 Å². The first-order valence-electron chi connectivity index (χ1n) is 7.70. The molecule has 1 heteroatoms. The molecule has 1 saturated carbocycles. The molecule has 0 bridgehead atoms. The Labute approximate surface area is 111 Å². The summed E-state index contributed by atoms with van der Waals surface area (Å²) >= 11 is 0. The molecule has 1 saturated heterocycles. The van der Waals surface area contributed by atoms with Crippen LogP contribution in [0.25, 0.3) is 0 Å². The Kier molecular flexibility index (Phi) is 3.69. The van der Waals surface area contributed by atoms with Crippen molar-refractivity contribution in [1.29, 1.82) is 0 Å². The van der Waals surface area contributed by atoms with Crippen molar-refractivity contribution in [1.82, 2.24) is 5.32 Å². The lowest BCUT2D eigenvalue weighted by Gasteiger charge is -2.31. The maximum atomic E-state index is 3.68. The van der Waals surface area contributed by atoms with E-state index >= 15 is 0 Å². The van der Waals surface area contributed by atoms with Gasteiger partial charge in [0.1, 0.15) is 0 Å². The smallest absolute Gasteiger partial charge is 0.0322 e. The molecule has 1 heterocycles. The number of piperidine rings is 1. The Balaban J connectivity index is 1.67.